The highest BCUT2D eigenvalue weighted by Crippen LogP contribution is 2.20. The van der Waals surface area contributed by atoms with Crippen molar-refractivity contribution in [3.8, 4) is 5.75 Å². The fourth-order valence-electron chi connectivity index (χ4n) is 2.01. The number of amides is 2. The molecule has 2 amide bonds. The third-order valence-corrected chi connectivity index (χ3v) is 3.56. The van der Waals surface area contributed by atoms with Crippen LogP contribution in [0, 0.1) is 0 Å². The summed E-state index contributed by atoms with van der Waals surface area (Å²) in [4.78, 5) is 23.8. The van der Waals surface area contributed by atoms with Crippen molar-refractivity contribution in [2.45, 2.75) is 13.2 Å². The smallest absolute Gasteiger partial charge is 0.387 e. The summed E-state index contributed by atoms with van der Waals surface area (Å²) in [6.07, 6.45) is 0. The second-order valence-corrected chi connectivity index (χ2v) is 5.33. The number of para-hydroxylation sites is 1. The summed E-state index contributed by atoms with van der Waals surface area (Å²) in [7, 11) is 0. The standard InChI is InChI=1S/C17H15ClF2N2O3/c18-13-7-3-1-5-11(13)9-21-15(23)10-22-16(24)12-6-2-4-8-14(12)25-17(19)20/h1-8,17H,9-10H2,(H,21,23)(H,22,24). The molecule has 2 rings (SSSR count). The van der Waals surface area contributed by atoms with Crippen LogP contribution in [0.25, 0.3) is 0 Å². The maximum Gasteiger partial charge on any atom is 0.387 e. The van der Waals surface area contributed by atoms with Gasteiger partial charge in [-0.05, 0) is 23.8 Å². The van der Waals surface area contributed by atoms with Crippen molar-refractivity contribution in [1.29, 1.82) is 0 Å². The van der Waals surface area contributed by atoms with E-state index in [-0.39, 0.29) is 24.4 Å². The van der Waals surface area contributed by atoms with E-state index in [1.165, 1.54) is 24.3 Å². The second-order valence-electron chi connectivity index (χ2n) is 4.93. The van der Waals surface area contributed by atoms with Gasteiger partial charge in [-0.2, -0.15) is 8.78 Å². The lowest BCUT2D eigenvalue weighted by Crippen LogP contribution is -2.36. The van der Waals surface area contributed by atoms with Gasteiger partial charge in [0.15, 0.2) is 0 Å². The zero-order valence-electron chi connectivity index (χ0n) is 13.0. The minimum Gasteiger partial charge on any atom is -0.434 e. The molecule has 0 bridgehead atoms. The van der Waals surface area contributed by atoms with Crippen molar-refractivity contribution in [1.82, 2.24) is 10.6 Å². The van der Waals surface area contributed by atoms with E-state index in [0.29, 0.717) is 5.02 Å². The van der Waals surface area contributed by atoms with Gasteiger partial charge in [0.25, 0.3) is 5.91 Å². The quantitative estimate of drug-likeness (QED) is 0.789. The van der Waals surface area contributed by atoms with Gasteiger partial charge in [-0.25, -0.2) is 0 Å². The van der Waals surface area contributed by atoms with E-state index >= 15 is 0 Å². The monoisotopic (exact) mass is 368 g/mol. The molecule has 0 aliphatic carbocycles. The molecule has 2 N–H and O–H groups in total. The summed E-state index contributed by atoms with van der Waals surface area (Å²) in [6, 6.07) is 12.6. The first kappa shape index (κ1) is 18.7. The van der Waals surface area contributed by atoms with Crippen LogP contribution in [-0.2, 0) is 11.3 Å². The summed E-state index contributed by atoms with van der Waals surface area (Å²) in [5, 5.41) is 5.48. The van der Waals surface area contributed by atoms with Crippen LogP contribution < -0.4 is 15.4 Å². The van der Waals surface area contributed by atoms with E-state index in [9.17, 15) is 18.4 Å². The summed E-state index contributed by atoms with van der Waals surface area (Å²) >= 11 is 5.98. The molecule has 132 valence electrons. The fraction of sp³-hybridized carbons (Fsp3) is 0.176. The first-order chi connectivity index (χ1) is 12.0. The lowest BCUT2D eigenvalue weighted by atomic mass is 10.2. The Bertz CT molecular complexity index is 756. The van der Waals surface area contributed by atoms with Gasteiger partial charge >= 0.3 is 6.61 Å². The van der Waals surface area contributed by atoms with Crippen LogP contribution >= 0.6 is 11.6 Å². The number of carbonyl (C=O) groups is 2. The molecule has 0 heterocycles. The normalized spacial score (nSPS) is 10.4. The number of halogens is 3. The number of hydrogen-bond acceptors (Lipinski definition) is 3. The molecule has 0 aliphatic heterocycles. The minimum atomic E-state index is -3.05. The second kappa shape index (κ2) is 8.98. The maximum absolute atomic E-state index is 12.3. The van der Waals surface area contributed by atoms with Crippen molar-refractivity contribution < 1.29 is 23.1 Å². The van der Waals surface area contributed by atoms with Crippen LogP contribution in [0.2, 0.25) is 5.02 Å². The van der Waals surface area contributed by atoms with Crippen LogP contribution in [-0.4, -0.2) is 25.0 Å². The molecular formula is C17H15ClF2N2O3. The van der Waals surface area contributed by atoms with Gasteiger partial charge in [-0.15, -0.1) is 0 Å². The Morgan fingerprint density at radius 3 is 2.44 bits per heavy atom. The largest absolute Gasteiger partial charge is 0.434 e. The number of nitrogens with one attached hydrogen (secondary N) is 2. The molecule has 5 nitrogen and oxygen atoms in total. The van der Waals surface area contributed by atoms with Gasteiger partial charge in [0.1, 0.15) is 5.75 Å². The van der Waals surface area contributed by atoms with E-state index in [2.05, 4.69) is 15.4 Å². The van der Waals surface area contributed by atoms with E-state index < -0.39 is 18.4 Å². The first-order valence-corrected chi connectivity index (χ1v) is 7.67. The highest BCUT2D eigenvalue weighted by molar-refractivity contribution is 6.31. The maximum atomic E-state index is 12.3. The van der Waals surface area contributed by atoms with Crippen LogP contribution in [0.15, 0.2) is 48.5 Å². The summed E-state index contributed by atoms with van der Waals surface area (Å²) in [5.41, 5.74) is 0.654. The molecule has 0 fully saturated rings. The van der Waals surface area contributed by atoms with Gasteiger partial charge in [-0.1, -0.05) is 41.9 Å². The lowest BCUT2D eigenvalue weighted by Gasteiger charge is -2.11. The Labute approximate surface area is 147 Å². The number of hydrogen-bond donors (Lipinski definition) is 2. The van der Waals surface area contributed by atoms with Crippen LogP contribution in [0.1, 0.15) is 15.9 Å². The molecule has 25 heavy (non-hydrogen) atoms. The van der Waals surface area contributed by atoms with Crippen LogP contribution in [0.4, 0.5) is 8.78 Å². The van der Waals surface area contributed by atoms with Crippen molar-refractivity contribution >= 4 is 23.4 Å². The van der Waals surface area contributed by atoms with E-state index in [4.69, 9.17) is 11.6 Å². The zero-order valence-corrected chi connectivity index (χ0v) is 13.7. The molecule has 0 unspecified atom stereocenters. The molecule has 0 saturated carbocycles. The Kier molecular flexibility index (Phi) is 6.71. The molecule has 0 radical (unpaired) electrons. The van der Waals surface area contributed by atoms with Gasteiger partial charge in [0, 0.05) is 11.6 Å². The highest BCUT2D eigenvalue weighted by atomic mass is 35.5. The molecular weight excluding hydrogens is 354 g/mol. The number of ether oxygens (including phenoxy) is 1. The summed E-state index contributed by atoms with van der Waals surface area (Å²) in [5.74, 6) is -1.39. The summed E-state index contributed by atoms with van der Waals surface area (Å²) in [6.45, 7) is -3.15. The van der Waals surface area contributed by atoms with Crippen LogP contribution in [0.5, 0.6) is 5.75 Å². The Balaban J connectivity index is 1.87. The van der Waals surface area contributed by atoms with Crippen molar-refractivity contribution in [2.24, 2.45) is 0 Å². The predicted molar refractivity (Wildman–Crippen MR) is 88.7 cm³/mol. The molecule has 0 saturated heterocycles. The molecule has 8 heteroatoms. The molecule has 0 atom stereocenters. The van der Waals surface area contributed by atoms with E-state index in [1.807, 2.05) is 0 Å². The first-order valence-electron chi connectivity index (χ1n) is 7.29. The number of benzene rings is 2. The van der Waals surface area contributed by atoms with Crippen LogP contribution in [0.3, 0.4) is 0 Å². The highest BCUT2D eigenvalue weighted by Gasteiger charge is 2.15. The van der Waals surface area contributed by atoms with E-state index in [0.717, 1.165) is 5.56 Å². The fourth-order valence-corrected chi connectivity index (χ4v) is 2.21. The Morgan fingerprint density at radius 2 is 1.72 bits per heavy atom. The summed E-state index contributed by atoms with van der Waals surface area (Å²) < 4.78 is 29.0. The third-order valence-electron chi connectivity index (χ3n) is 3.19. The molecule has 0 aromatic heterocycles. The molecule has 0 aliphatic rings. The molecule has 2 aromatic rings. The topological polar surface area (TPSA) is 67.4 Å². The average Bonchev–Trinajstić information content (AvgIpc) is 2.59. The molecule has 0 spiro atoms. The van der Waals surface area contributed by atoms with Gasteiger partial charge < -0.3 is 15.4 Å². The SMILES string of the molecule is O=C(CNC(=O)c1ccccc1OC(F)F)NCc1ccccc1Cl. The van der Waals surface area contributed by atoms with Crippen molar-refractivity contribution in [3.05, 3.63) is 64.7 Å². The minimum absolute atomic E-state index is 0.0818. The zero-order chi connectivity index (χ0) is 18.2. The van der Waals surface area contributed by atoms with Gasteiger partial charge in [0.2, 0.25) is 5.91 Å². The number of carbonyl (C=O) groups excluding carboxylic acids is 2. The van der Waals surface area contributed by atoms with Gasteiger partial charge in [0.05, 0.1) is 12.1 Å². The number of rotatable bonds is 7. The average molecular weight is 369 g/mol. The van der Waals surface area contributed by atoms with Gasteiger partial charge in [-0.3, -0.25) is 9.59 Å². The lowest BCUT2D eigenvalue weighted by molar-refractivity contribution is -0.120. The van der Waals surface area contributed by atoms with Crippen molar-refractivity contribution in [3.63, 3.8) is 0 Å². The Hall–Kier alpha value is -2.67. The third kappa shape index (κ3) is 5.72. The number of alkyl halides is 2. The Morgan fingerprint density at radius 1 is 1.04 bits per heavy atom. The van der Waals surface area contributed by atoms with E-state index in [1.54, 1.807) is 24.3 Å². The molecule has 2 aromatic carbocycles. The van der Waals surface area contributed by atoms with Crippen molar-refractivity contribution in [2.75, 3.05) is 6.54 Å². The predicted octanol–water partition coefficient (Wildman–Crippen LogP) is 2.99.